The third-order valence-electron chi connectivity index (χ3n) is 6.19. The molecule has 2 amide bonds. The molecule has 0 unspecified atom stereocenters. The second-order valence-corrected chi connectivity index (χ2v) is 12.3. The second-order valence-electron chi connectivity index (χ2n) is 9.59. The van der Waals surface area contributed by atoms with Crippen molar-refractivity contribution in [3.05, 3.63) is 87.9 Å². The number of sulfonamides is 1. The van der Waals surface area contributed by atoms with E-state index in [1.807, 2.05) is 20.8 Å². The Morgan fingerprint density at radius 3 is 2.23 bits per heavy atom. The Hall–Kier alpha value is -3.27. The average molecular weight is 607 g/mol. The summed E-state index contributed by atoms with van der Waals surface area (Å²) in [5, 5.41) is 3.48. The van der Waals surface area contributed by atoms with E-state index in [1.54, 1.807) is 49.4 Å². The molecule has 0 radical (unpaired) electrons. The molecule has 3 rings (SSSR count). The fraction of sp³-hybridized carbons (Fsp3) is 0.310. The molecule has 0 heterocycles. The lowest BCUT2D eigenvalue weighted by molar-refractivity contribution is -0.139. The summed E-state index contributed by atoms with van der Waals surface area (Å²) >= 11 is 12.6. The zero-order valence-electron chi connectivity index (χ0n) is 23.0. The van der Waals surface area contributed by atoms with Gasteiger partial charge in [-0.25, -0.2) is 8.42 Å². The van der Waals surface area contributed by atoms with Gasteiger partial charge in [0.1, 0.15) is 18.3 Å². The summed E-state index contributed by atoms with van der Waals surface area (Å²) < 4.78 is 34.4. The van der Waals surface area contributed by atoms with Crippen molar-refractivity contribution in [3.63, 3.8) is 0 Å². The topological polar surface area (TPSA) is 96.0 Å². The molecule has 40 heavy (non-hydrogen) atoms. The van der Waals surface area contributed by atoms with Crippen LogP contribution in [0, 0.1) is 6.92 Å². The maximum Gasteiger partial charge on any atom is 0.264 e. The van der Waals surface area contributed by atoms with Gasteiger partial charge in [0.05, 0.1) is 17.7 Å². The van der Waals surface area contributed by atoms with Crippen LogP contribution in [0.5, 0.6) is 5.75 Å². The molecule has 11 heteroatoms. The molecule has 0 saturated carbocycles. The smallest absolute Gasteiger partial charge is 0.264 e. The average Bonchev–Trinajstić information content (AvgIpc) is 2.90. The van der Waals surface area contributed by atoms with Crippen molar-refractivity contribution in [2.75, 3.05) is 18.0 Å². The molecule has 0 aromatic heterocycles. The molecule has 3 aromatic carbocycles. The number of hydrogen-bond acceptors (Lipinski definition) is 5. The summed E-state index contributed by atoms with van der Waals surface area (Å²) in [4.78, 5) is 28.3. The Labute approximate surface area is 245 Å². The van der Waals surface area contributed by atoms with E-state index in [0.717, 1.165) is 9.87 Å². The Kier molecular flexibility index (Phi) is 10.5. The molecule has 3 aromatic rings. The van der Waals surface area contributed by atoms with Crippen LogP contribution in [0.1, 0.15) is 31.9 Å². The number of nitrogens with one attached hydrogen (secondary N) is 1. The largest absolute Gasteiger partial charge is 0.495 e. The first-order valence-electron chi connectivity index (χ1n) is 12.6. The Bertz CT molecular complexity index is 1460. The summed E-state index contributed by atoms with van der Waals surface area (Å²) in [5.74, 6) is -0.802. The maximum absolute atomic E-state index is 14.0. The molecule has 0 aliphatic carbocycles. The first-order valence-corrected chi connectivity index (χ1v) is 14.8. The minimum Gasteiger partial charge on any atom is -0.495 e. The highest BCUT2D eigenvalue weighted by Crippen LogP contribution is 2.35. The third-order valence-corrected chi connectivity index (χ3v) is 8.57. The predicted octanol–water partition coefficient (Wildman–Crippen LogP) is 5.45. The number of carbonyl (C=O) groups excluding carboxylic acids is 2. The van der Waals surface area contributed by atoms with Gasteiger partial charge in [0.25, 0.3) is 10.0 Å². The minimum absolute atomic E-state index is 0.0174. The van der Waals surface area contributed by atoms with Gasteiger partial charge in [0, 0.05) is 22.6 Å². The normalized spacial score (nSPS) is 12.1. The van der Waals surface area contributed by atoms with E-state index < -0.39 is 28.5 Å². The van der Waals surface area contributed by atoms with Crippen LogP contribution >= 0.6 is 23.2 Å². The summed E-state index contributed by atoms with van der Waals surface area (Å²) in [6, 6.07) is 16.7. The highest BCUT2D eigenvalue weighted by molar-refractivity contribution is 7.92. The molecular formula is C29H33Cl2N3O5S. The van der Waals surface area contributed by atoms with Gasteiger partial charge in [-0.15, -0.1) is 0 Å². The van der Waals surface area contributed by atoms with E-state index in [4.69, 9.17) is 27.9 Å². The highest BCUT2D eigenvalue weighted by Gasteiger charge is 2.34. The molecule has 0 aliphatic heterocycles. The van der Waals surface area contributed by atoms with Crippen LogP contribution in [0.3, 0.4) is 0 Å². The first kappa shape index (κ1) is 31.3. The van der Waals surface area contributed by atoms with Gasteiger partial charge in [-0.2, -0.15) is 0 Å². The number of benzene rings is 3. The molecule has 0 fully saturated rings. The number of hydrogen-bond donors (Lipinski definition) is 1. The van der Waals surface area contributed by atoms with Crippen LogP contribution in [0.4, 0.5) is 5.69 Å². The molecule has 8 nitrogen and oxygen atoms in total. The number of methoxy groups -OCH3 is 1. The van der Waals surface area contributed by atoms with Crippen molar-refractivity contribution in [2.24, 2.45) is 0 Å². The van der Waals surface area contributed by atoms with Crippen molar-refractivity contribution in [3.8, 4) is 5.75 Å². The van der Waals surface area contributed by atoms with Crippen molar-refractivity contribution in [1.82, 2.24) is 10.2 Å². The zero-order valence-corrected chi connectivity index (χ0v) is 25.3. The first-order chi connectivity index (χ1) is 18.8. The maximum atomic E-state index is 14.0. The molecule has 0 spiro atoms. The number of aryl methyl sites for hydroxylation is 1. The van der Waals surface area contributed by atoms with Crippen molar-refractivity contribution in [1.29, 1.82) is 0 Å². The quantitative estimate of drug-likeness (QED) is 0.313. The van der Waals surface area contributed by atoms with Crippen molar-refractivity contribution >= 4 is 50.7 Å². The van der Waals surface area contributed by atoms with Gasteiger partial charge in [-0.1, -0.05) is 59.1 Å². The number of carbonyl (C=O) groups is 2. The highest BCUT2D eigenvalue weighted by atomic mass is 35.5. The van der Waals surface area contributed by atoms with Crippen LogP contribution < -0.4 is 14.4 Å². The van der Waals surface area contributed by atoms with E-state index >= 15 is 0 Å². The molecule has 0 aliphatic rings. The predicted molar refractivity (Wildman–Crippen MR) is 158 cm³/mol. The molecule has 214 valence electrons. The number of rotatable bonds is 11. The fourth-order valence-electron chi connectivity index (χ4n) is 4.01. The summed E-state index contributed by atoms with van der Waals surface area (Å²) in [5.41, 5.74) is 1.56. The number of ether oxygens (including phenoxy) is 1. The van der Waals surface area contributed by atoms with E-state index in [0.29, 0.717) is 10.6 Å². The van der Waals surface area contributed by atoms with Crippen LogP contribution in [0.2, 0.25) is 10.0 Å². The van der Waals surface area contributed by atoms with Crippen LogP contribution in [-0.4, -0.2) is 50.9 Å². The second kappa shape index (κ2) is 13.4. The molecule has 1 atom stereocenters. The molecular weight excluding hydrogens is 573 g/mol. The van der Waals surface area contributed by atoms with E-state index in [1.165, 1.54) is 36.3 Å². The van der Waals surface area contributed by atoms with Gasteiger partial charge in [-0.05, 0) is 69.7 Å². The number of nitrogens with zero attached hydrogens (tertiary/aromatic N) is 2. The SMILES string of the molecule is COc1ccc(Cl)cc1N(CC(=O)N(Cc1ccccc1Cl)[C@@H](C)C(=O)NC(C)C)S(=O)(=O)c1ccc(C)cc1. The van der Waals surface area contributed by atoms with Gasteiger partial charge in [-0.3, -0.25) is 13.9 Å². The number of amides is 2. The van der Waals surface area contributed by atoms with Crippen molar-refractivity contribution < 1.29 is 22.7 Å². The standard InChI is InChI=1S/C29H33Cl2N3O5S/c1-19(2)32-29(36)21(4)33(17-22-8-6-7-9-25(22)31)28(35)18-34(26-16-23(30)12-15-27(26)39-5)40(37,38)24-13-10-20(3)11-14-24/h6-16,19,21H,17-18H2,1-5H3,(H,32,36)/t21-/m0/s1. The lowest BCUT2D eigenvalue weighted by atomic mass is 10.1. The summed E-state index contributed by atoms with van der Waals surface area (Å²) in [7, 11) is -2.88. The van der Waals surface area contributed by atoms with Crippen molar-refractivity contribution in [2.45, 2.75) is 51.2 Å². The van der Waals surface area contributed by atoms with Gasteiger partial charge in [0.2, 0.25) is 11.8 Å². The van der Waals surface area contributed by atoms with Gasteiger partial charge in [0.15, 0.2) is 0 Å². The van der Waals surface area contributed by atoms with Crippen LogP contribution in [0.25, 0.3) is 0 Å². The van der Waals surface area contributed by atoms with E-state index in [9.17, 15) is 18.0 Å². The lowest BCUT2D eigenvalue weighted by Gasteiger charge is -2.33. The monoisotopic (exact) mass is 605 g/mol. The molecule has 0 bridgehead atoms. The van der Waals surface area contributed by atoms with Gasteiger partial charge >= 0.3 is 0 Å². The molecule has 0 saturated heterocycles. The Balaban J connectivity index is 2.12. The number of anilines is 1. The third kappa shape index (κ3) is 7.47. The minimum atomic E-state index is -4.27. The van der Waals surface area contributed by atoms with Gasteiger partial charge < -0.3 is 15.0 Å². The van der Waals surface area contributed by atoms with E-state index in [2.05, 4.69) is 5.32 Å². The Morgan fingerprint density at radius 2 is 1.62 bits per heavy atom. The van der Waals surface area contributed by atoms with E-state index in [-0.39, 0.29) is 39.8 Å². The van der Waals surface area contributed by atoms with Crippen LogP contribution in [-0.2, 0) is 26.2 Å². The zero-order chi connectivity index (χ0) is 29.6. The molecule has 1 N–H and O–H groups in total. The number of halogens is 2. The lowest BCUT2D eigenvalue weighted by Crippen LogP contribution is -2.52. The Morgan fingerprint density at radius 1 is 0.975 bits per heavy atom. The fourth-order valence-corrected chi connectivity index (χ4v) is 5.79. The summed E-state index contributed by atoms with van der Waals surface area (Å²) in [6.07, 6.45) is 0. The summed E-state index contributed by atoms with van der Waals surface area (Å²) in [6.45, 7) is 6.41. The van der Waals surface area contributed by atoms with Crippen LogP contribution in [0.15, 0.2) is 71.6 Å².